The van der Waals surface area contributed by atoms with Crippen LogP contribution in [0.25, 0.3) is 17.0 Å². The molecule has 0 saturated heterocycles. The molecule has 2 aromatic carbocycles. The van der Waals surface area contributed by atoms with Gasteiger partial charge in [-0.3, -0.25) is 4.79 Å². The highest BCUT2D eigenvalue weighted by atomic mass is 35.5. The van der Waals surface area contributed by atoms with Crippen molar-refractivity contribution in [3.8, 4) is 11.5 Å². The molecular weight excluding hydrogens is 403 g/mol. The Labute approximate surface area is 171 Å². The number of carbonyl (C=O) groups is 1. The van der Waals surface area contributed by atoms with Crippen LogP contribution in [0.3, 0.4) is 0 Å². The van der Waals surface area contributed by atoms with Crippen LogP contribution in [0.1, 0.15) is 28.6 Å². The van der Waals surface area contributed by atoms with E-state index in [-0.39, 0.29) is 23.7 Å². The maximum atomic E-state index is 13.1. The maximum absolute atomic E-state index is 13.1. The molecule has 0 atom stereocenters. The Morgan fingerprint density at radius 2 is 1.93 bits per heavy atom. The molecule has 0 radical (unpaired) electrons. The first-order valence-corrected chi connectivity index (χ1v) is 9.20. The molecule has 3 rings (SSSR count). The van der Waals surface area contributed by atoms with Gasteiger partial charge in [0.25, 0.3) is 0 Å². The van der Waals surface area contributed by atoms with Gasteiger partial charge in [0, 0.05) is 22.0 Å². The van der Waals surface area contributed by atoms with E-state index in [4.69, 9.17) is 37.1 Å². The van der Waals surface area contributed by atoms with E-state index in [1.54, 1.807) is 43.2 Å². The molecule has 3 aromatic rings. The van der Waals surface area contributed by atoms with Crippen molar-refractivity contribution >= 4 is 52.0 Å². The van der Waals surface area contributed by atoms with Crippen molar-refractivity contribution in [2.75, 3.05) is 13.7 Å². The van der Waals surface area contributed by atoms with Crippen LogP contribution in [0.4, 0.5) is 0 Å². The standard InChI is InChI=1S/C21H16Cl2O5/c1-3-27-20-18(9-10-24)28-21-17(26-2)8-7-12(19(20)21)16(25)11-13-14(22)5-4-6-15(13)23/h4-9H,3,11H2,1-2H3. The zero-order valence-electron chi connectivity index (χ0n) is 15.2. The Balaban J connectivity index is 2.20. The number of hydrogen-bond donors (Lipinski definition) is 0. The van der Waals surface area contributed by atoms with E-state index in [0.717, 1.165) is 6.08 Å². The number of methoxy groups -OCH3 is 1. The van der Waals surface area contributed by atoms with Crippen LogP contribution in [-0.2, 0) is 11.2 Å². The lowest BCUT2D eigenvalue weighted by atomic mass is 9.99. The maximum Gasteiger partial charge on any atom is 0.181 e. The number of carbonyl (C=O) groups excluding carboxylic acids is 2. The molecule has 0 spiro atoms. The Hall–Kier alpha value is -2.72. The highest BCUT2D eigenvalue weighted by Crippen LogP contribution is 2.41. The van der Waals surface area contributed by atoms with Crippen molar-refractivity contribution in [2.45, 2.75) is 13.3 Å². The summed E-state index contributed by atoms with van der Waals surface area (Å²) in [6.07, 6.45) is 1.11. The lowest BCUT2D eigenvalue weighted by Crippen LogP contribution is -2.06. The topological polar surface area (TPSA) is 65.7 Å². The van der Waals surface area contributed by atoms with E-state index in [0.29, 0.717) is 44.5 Å². The number of benzene rings is 2. The van der Waals surface area contributed by atoms with Gasteiger partial charge in [0.2, 0.25) is 0 Å². The van der Waals surface area contributed by atoms with E-state index in [2.05, 4.69) is 0 Å². The zero-order valence-corrected chi connectivity index (χ0v) is 16.7. The van der Waals surface area contributed by atoms with Crippen molar-refractivity contribution in [1.82, 2.24) is 0 Å². The average Bonchev–Trinajstić information content (AvgIpc) is 3.03. The first-order valence-electron chi connectivity index (χ1n) is 8.45. The van der Waals surface area contributed by atoms with Gasteiger partial charge in [-0.2, -0.15) is 0 Å². The third-order valence-electron chi connectivity index (χ3n) is 4.18. The van der Waals surface area contributed by atoms with Gasteiger partial charge in [0.1, 0.15) is 5.94 Å². The van der Waals surface area contributed by atoms with Crippen molar-refractivity contribution in [2.24, 2.45) is 0 Å². The molecule has 1 heterocycles. The van der Waals surface area contributed by atoms with Crippen molar-refractivity contribution in [3.05, 3.63) is 57.3 Å². The largest absolute Gasteiger partial charge is 0.493 e. The Kier molecular flexibility index (Phi) is 6.10. The molecule has 1 aromatic heterocycles. The summed E-state index contributed by atoms with van der Waals surface area (Å²) in [6, 6.07) is 8.32. The molecular formula is C21H16Cl2O5. The van der Waals surface area contributed by atoms with Gasteiger partial charge in [-0.15, -0.1) is 0 Å². The number of fused-ring (bicyclic) bond motifs is 1. The normalized spacial score (nSPS) is 10.6. The second-order valence-corrected chi connectivity index (χ2v) is 6.62. The van der Waals surface area contributed by atoms with Gasteiger partial charge in [-0.25, -0.2) is 4.79 Å². The second kappa shape index (κ2) is 8.53. The summed E-state index contributed by atoms with van der Waals surface area (Å²) in [6.45, 7) is 2.11. The minimum Gasteiger partial charge on any atom is -0.493 e. The molecule has 0 saturated carbocycles. The highest BCUT2D eigenvalue weighted by molar-refractivity contribution is 6.36. The van der Waals surface area contributed by atoms with Crippen LogP contribution in [0.5, 0.6) is 11.5 Å². The van der Waals surface area contributed by atoms with E-state index < -0.39 is 0 Å². The number of halogens is 2. The van der Waals surface area contributed by atoms with Gasteiger partial charge in [-0.05, 0) is 36.8 Å². The Morgan fingerprint density at radius 1 is 1.21 bits per heavy atom. The molecule has 0 bridgehead atoms. The van der Waals surface area contributed by atoms with E-state index >= 15 is 0 Å². The minimum atomic E-state index is -0.231. The van der Waals surface area contributed by atoms with Gasteiger partial charge in [-0.1, -0.05) is 29.3 Å². The molecule has 0 aliphatic carbocycles. The molecule has 5 nitrogen and oxygen atoms in total. The number of rotatable bonds is 7. The zero-order chi connectivity index (χ0) is 20.3. The third-order valence-corrected chi connectivity index (χ3v) is 4.89. The molecule has 144 valence electrons. The first-order chi connectivity index (χ1) is 13.5. The Morgan fingerprint density at radius 3 is 2.54 bits per heavy atom. The number of hydrogen-bond acceptors (Lipinski definition) is 5. The molecule has 28 heavy (non-hydrogen) atoms. The van der Waals surface area contributed by atoms with Gasteiger partial charge in [0.05, 0.1) is 25.2 Å². The van der Waals surface area contributed by atoms with Gasteiger partial charge >= 0.3 is 0 Å². The quantitative estimate of drug-likeness (QED) is 0.378. The molecule has 7 heteroatoms. The minimum absolute atomic E-state index is 0.00443. The molecule has 0 aliphatic heterocycles. The molecule has 0 unspecified atom stereocenters. The molecule has 0 fully saturated rings. The summed E-state index contributed by atoms with van der Waals surface area (Å²) in [4.78, 5) is 24.0. The summed E-state index contributed by atoms with van der Waals surface area (Å²) in [5, 5.41) is 1.25. The van der Waals surface area contributed by atoms with Crippen molar-refractivity contribution < 1.29 is 23.5 Å². The van der Waals surface area contributed by atoms with E-state index in [9.17, 15) is 9.59 Å². The van der Waals surface area contributed by atoms with E-state index in [1.807, 2.05) is 0 Å². The summed E-state index contributed by atoms with van der Waals surface area (Å²) in [5.41, 5.74) is 1.20. The van der Waals surface area contributed by atoms with Crippen molar-refractivity contribution in [1.29, 1.82) is 0 Å². The summed E-state index contributed by atoms with van der Waals surface area (Å²) in [7, 11) is 1.48. The number of furan rings is 1. The SMILES string of the molecule is CCOc1c(C=C=O)oc2c(OC)ccc(C(=O)Cc3c(Cl)cccc3Cl)c12. The van der Waals surface area contributed by atoms with Gasteiger partial charge in [0.15, 0.2) is 28.6 Å². The van der Waals surface area contributed by atoms with Crippen LogP contribution in [0, 0.1) is 0 Å². The predicted molar refractivity (Wildman–Crippen MR) is 109 cm³/mol. The van der Waals surface area contributed by atoms with Gasteiger partial charge < -0.3 is 13.9 Å². The highest BCUT2D eigenvalue weighted by Gasteiger charge is 2.25. The second-order valence-electron chi connectivity index (χ2n) is 5.81. The van der Waals surface area contributed by atoms with Crippen LogP contribution in [0.15, 0.2) is 34.7 Å². The lowest BCUT2D eigenvalue weighted by Gasteiger charge is -2.10. The summed E-state index contributed by atoms with van der Waals surface area (Å²) >= 11 is 12.4. The number of ether oxygens (including phenoxy) is 2. The van der Waals surface area contributed by atoms with E-state index in [1.165, 1.54) is 7.11 Å². The lowest BCUT2D eigenvalue weighted by molar-refractivity contribution is 0.0994. The summed E-state index contributed by atoms with van der Waals surface area (Å²) < 4.78 is 16.7. The summed E-state index contributed by atoms with van der Waals surface area (Å²) in [5.74, 6) is 2.31. The molecule has 0 amide bonds. The van der Waals surface area contributed by atoms with Crippen LogP contribution >= 0.6 is 23.2 Å². The monoisotopic (exact) mass is 418 g/mol. The number of ketones is 1. The van der Waals surface area contributed by atoms with Crippen LogP contribution < -0.4 is 9.47 Å². The third kappa shape index (κ3) is 3.65. The van der Waals surface area contributed by atoms with Crippen LogP contribution in [0.2, 0.25) is 10.0 Å². The molecule has 0 N–H and O–H groups in total. The smallest absolute Gasteiger partial charge is 0.181 e. The number of Topliss-reactive ketones (excluding diaryl/α,β-unsaturated/α-hetero) is 1. The fourth-order valence-electron chi connectivity index (χ4n) is 2.96. The first kappa shape index (κ1) is 20.0. The fourth-order valence-corrected chi connectivity index (χ4v) is 3.49. The van der Waals surface area contributed by atoms with Crippen molar-refractivity contribution in [3.63, 3.8) is 0 Å². The predicted octanol–water partition coefficient (Wildman–Crippen LogP) is 5.42. The molecule has 0 aliphatic rings. The average molecular weight is 419 g/mol. The Bertz CT molecular complexity index is 1070. The fraction of sp³-hybridized carbons (Fsp3) is 0.190. The van der Waals surface area contributed by atoms with Crippen LogP contribution in [-0.4, -0.2) is 25.4 Å².